The zero-order valence-electron chi connectivity index (χ0n) is 20.6. The number of halogens is 2. The summed E-state index contributed by atoms with van der Waals surface area (Å²) in [6.45, 7) is 3.68. The lowest BCUT2D eigenvalue weighted by atomic mass is 10.1. The second-order valence-corrected chi connectivity index (χ2v) is 8.45. The van der Waals surface area contributed by atoms with E-state index < -0.39 is 17.5 Å². The Morgan fingerprint density at radius 2 is 1.87 bits per heavy atom. The number of nitrogens with zero attached hydrogens (tertiary/aromatic N) is 5. The van der Waals surface area contributed by atoms with E-state index in [9.17, 15) is 13.6 Å². The van der Waals surface area contributed by atoms with Gasteiger partial charge in [-0.05, 0) is 26.0 Å². The summed E-state index contributed by atoms with van der Waals surface area (Å²) >= 11 is 0. The topological polar surface area (TPSA) is 121 Å². The molecule has 0 saturated heterocycles. The first-order valence-electron chi connectivity index (χ1n) is 11.8. The molecule has 192 valence electrons. The van der Waals surface area contributed by atoms with Crippen LogP contribution in [-0.2, 0) is 6.54 Å². The molecule has 2 aromatic carbocycles. The van der Waals surface area contributed by atoms with Crippen molar-refractivity contribution in [3.63, 3.8) is 0 Å². The van der Waals surface area contributed by atoms with Crippen LogP contribution in [0.1, 0.15) is 28.5 Å². The average molecular weight is 516 g/mol. The Kier molecular flexibility index (Phi) is 6.65. The number of nitrogens with one attached hydrogen (secondary N) is 1. The largest absolute Gasteiger partial charge is 0.494 e. The smallest absolute Gasteiger partial charge is 0.252 e. The summed E-state index contributed by atoms with van der Waals surface area (Å²) in [7, 11) is 0. The van der Waals surface area contributed by atoms with Gasteiger partial charge < -0.3 is 15.8 Å². The number of ether oxygens (including phenoxy) is 1. The molecule has 0 aliphatic carbocycles. The molecule has 0 bridgehead atoms. The highest BCUT2D eigenvalue weighted by molar-refractivity contribution is 5.98. The molecular formula is C27H23F2N7O2. The van der Waals surface area contributed by atoms with Gasteiger partial charge in [0.15, 0.2) is 5.82 Å². The lowest BCUT2D eigenvalue weighted by molar-refractivity contribution is 0.100. The number of aryl methyl sites for hydroxylation is 1. The maximum Gasteiger partial charge on any atom is 0.252 e. The van der Waals surface area contributed by atoms with Crippen molar-refractivity contribution in [2.24, 2.45) is 5.73 Å². The van der Waals surface area contributed by atoms with Gasteiger partial charge in [0.2, 0.25) is 0 Å². The van der Waals surface area contributed by atoms with Crippen molar-refractivity contribution < 1.29 is 18.3 Å². The molecule has 0 fully saturated rings. The number of nitrogens with two attached hydrogens (primary N) is 1. The van der Waals surface area contributed by atoms with Crippen molar-refractivity contribution in [2.45, 2.75) is 20.4 Å². The fraction of sp³-hybridized carbons (Fsp3) is 0.148. The number of anilines is 2. The molecule has 0 unspecified atom stereocenters. The van der Waals surface area contributed by atoms with E-state index in [0.29, 0.717) is 46.2 Å². The van der Waals surface area contributed by atoms with E-state index in [1.54, 1.807) is 32.0 Å². The number of carbonyl (C=O) groups excluding carboxylic acids is 1. The highest BCUT2D eigenvalue weighted by atomic mass is 19.1. The molecule has 0 atom stereocenters. The number of para-hydroxylation sites is 1. The van der Waals surface area contributed by atoms with E-state index >= 15 is 0 Å². The first-order valence-corrected chi connectivity index (χ1v) is 11.8. The number of aromatic nitrogens is 5. The number of hydrogen-bond donors (Lipinski definition) is 2. The minimum Gasteiger partial charge on any atom is -0.494 e. The van der Waals surface area contributed by atoms with E-state index in [2.05, 4.69) is 25.4 Å². The molecule has 3 heterocycles. The molecular weight excluding hydrogens is 492 g/mol. The number of carbonyl (C=O) groups is 1. The third-order valence-corrected chi connectivity index (χ3v) is 5.81. The van der Waals surface area contributed by atoms with Crippen LogP contribution in [0.4, 0.5) is 20.3 Å². The lowest BCUT2D eigenvalue weighted by Crippen LogP contribution is -2.14. The van der Waals surface area contributed by atoms with Crippen molar-refractivity contribution in [1.29, 1.82) is 0 Å². The van der Waals surface area contributed by atoms with Gasteiger partial charge in [-0.1, -0.05) is 18.2 Å². The lowest BCUT2D eigenvalue weighted by Gasteiger charge is -2.10. The van der Waals surface area contributed by atoms with Gasteiger partial charge in [0, 0.05) is 47.2 Å². The summed E-state index contributed by atoms with van der Waals surface area (Å²) < 4.78 is 36.4. The molecule has 0 radical (unpaired) electrons. The highest BCUT2D eigenvalue weighted by Gasteiger charge is 2.19. The second-order valence-electron chi connectivity index (χ2n) is 8.45. The number of benzene rings is 2. The summed E-state index contributed by atoms with van der Waals surface area (Å²) in [5.74, 6) is -1.26. The number of pyridine rings is 1. The molecule has 9 nitrogen and oxygen atoms in total. The first-order chi connectivity index (χ1) is 18.3. The van der Waals surface area contributed by atoms with Gasteiger partial charge in [0.05, 0.1) is 29.9 Å². The fourth-order valence-corrected chi connectivity index (χ4v) is 4.12. The van der Waals surface area contributed by atoms with Crippen LogP contribution in [0.15, 0.2) is 60.9 Å². The normalized spacial score (nSPS) is 11.1. The summed E-state index contributed by atoms with van der Waals surface area (Å²) in [6, 6.07) is 12.9. The van der Waals surface area contributed by atoms with E-state index in [1.807, 2.05) is 18.2 Å². The monoisotopic (exact) mass is 515 g/mol. The Morgan fingerprint density at radius 3 is 2.61 bits per heavy atom. The van der Waals surface area contributed by atoms with Crippen LogP contribution in [0.25, 0.3) is 22.4 Å². The molecule has 0 aliphatic rings. The van der Waals surface area contributed by atoms with Crippen molar-refractivity contribution in [3.8, 4) is 17.3 Å². The van der Waals surface area contributed by atoms with Crippen LogP contribution >= 0.6 is 0 Å². The minimum atomic E-state index is -0.726. The molecule has 5 rings (SSSR count). The highest BCUT2D eigenvalue weighted by Crippen LogP contribution is 2.29. The number of primary amides is 1. The maximum atomic E-state index is 14.8. The summed E-state index contributed by atoms with van der Waals surface area (Å²) in [5, 5.41) is 8.44. The predicted molar refractivity (Wildman–Crippen MR) is 138 cm³/mol. The Balaban J connectivity index is 1.56. The average Bonchev–Trinajstić information content (AvgIpc) is 3.25. The zero-order valence-corrected chi connectivity index (χ0v) is 20.6. The molecule has 0 aliphatic heterocycles. The molecule has 3 aromatic heterocycles. The van der Waals surface area contributed by atoms with Crippen LogP contribution < -0.4 is 15.8 Å². The Bertz CT molecular complexity index is 1650. The summed E-state index contributed by atoms with van der Waals surface area (Å²) in [5.41, 5.74) is 7.69. The zero-order chi connectivity index (χ0) is 26.8. The van der Waals surface area contributed by atoms with Gasteiger partial charge in [-0.2, -0.15) is 5.10 Å². The SMILES string of the molecule is CCOc1cc(F)c(Cn2nc(-c3nc(C)cc(Nc4ccncc4C(N)=O)n3)c3ccccc32)c(F)c1. The standard InChI is InChI=1S/C27H23F2N7O2/c1-3-38-16-11-20(28)19(21(29)12-16)14-36-23-7-5-4-6-17(23)25(35-36)27-32-15(2)10-24(34-27)33-22-8-9-31-13-18(22)26(30)37/h4-13H,3,14H2,1-2H3,(H2,30,37)(H,31,32,33,34). The van der Waals surface area contributed by atoms with E-state index in [-0.39, 0.29) is 23.4 Å². The number of fused-ring (bicyclic) bond motifs is 1. The van der Waals surface area contributed by atoms with E-state index in [1.165, 1.54) is 17.1 Å². The number of hydrogen-bond acceptors (Lipinski definition) is 7. The van der Waals surface area contributed by atoms with Crippen molar-refractivity contribution in [3.05, 3.63) is 89.4 Å². The maximum absolute atomic E-state index is 14.8. The minimum absolute atomic E-state index is 0.124. The second kappa shape index (κ2) is 10.2. The number of rotatable bonds is 8. The molecule has 1 amide bonds. The van der Waals surface area contributed by atoms with Gasteiger partial charge in [-0.15, -0.1) is 0 Å². The third-order valence-electron chi connectivity index (χ3n) is 5.81. The van der Waals surface area contributed by atoms with Crippen molar-refractivity contribution in [1.82, 2.24) is 24.7 Å². The molecule has 5 aromatic rings. The van der Waals surface area contributed by atoms with Crippen LogP contribution in [0.2, 0.25) is 0 Å². The molecule has 0 saturated carbocycles. The summed E-state index contributed by atoms with van der Waals surface area (Å²) in [4.78, 5) is 24.9. The van der Waals surface area contributed by atoms with Gasteiger partial charge in [0.1, 0.15) is 28.9 Å². The van der Waals surface area contributed by atoms with Gasteiger partial charge in [0.25, 0.3) is 5.91 Å². The fourth-order valence-electron chi connectivity index (χ4n) is 4.12. The Morgan fingerprint density at radius 1 is 1.11 bits per heavy atom. The van der Waals surface area contributed by atoms with Crippen molar-refractivity contribution >= 4 is 28.3 Å². The Hall–Kier alpha value is -4.93. The first kappa shape index (κ1) is 24.8. The van der Waals surface area contributed by atoms with Gasteiger partial charge in [-0.3, -0.25) is 14.5 Å². The molecule has 3 N–H and O–H groups in total. The molecule has 38 heavy (non-hydrogen) atoms. The van der Waals surface area contributed by atoms with Gasteiger partial charge >= 0.3 is 0 Å². The predicted octanol–water partition coefficient (Wildman–Crippen LogP) is 4.76. The number of amides is 1. The van der Waals surface area contributed by atoms with E-state index in [4.69, 9.17) is 10.5 Å². The van der Waals surface area contributed by atoms with Crippen LogP contribution in [0.3, 0.4) is 0 Å². The van der Waals surface area contributed by atoms with Crippen LogP contribution in [0.5, 0.6) is 5.75 Å². The van der Waals surface area contributed by atoms with E-state index in [0.717, 1.165) is 12.1 Å². The van der Waals surface area contributed by atoms with Crippen LogP contribution in [0, 0.1) is 18.6 Å². The molecule has 11 heteroatoms. The third kappa shape index (κ3) is 4.85. The van der Waals surface area contributed by atoms with Crippen molar-refractivity contribution in [2.75, 3.05) is 11.9 Å². The quantitative estimate of drug-likeness (QED) is 0.306. The summed E-state index contributed by atoms with van der Waals surface area (Å²) in [6.07, 6.45) is 2.89. The molecule has 0 spiro atoms. The Labute approximate surface area is 216 Å². The van der Waals surface area contributed by atoms with Crippen LogP contribution in [-0.4, -0.2) is 37.2 Å². The van der Waals surface area contributed by atoms with Gasteiger partial charge in [-0.25, -0.2) is 18.7 Å².